The van der Waals surface area contributed by atoms with Gasteiger partial charge in [-0.1, -0.05) is 25.1 Å². The van der Waals surface area contributed by atoms with Crippen LogP contribution in [0.15, 0.2) is 30.4 Å². The number of hydrogen-bond acceptors (Lipinski definition) is 2. The zero-order chi connectivity index (χ0) is 16.4. The normalized spacial score (nSPS) is 41.8. The number of aromatic hydroxyl groups is 1. The smallest absolute Gasteiger partial charge is 0.115 e. The molecule has 0 amide bonds. The average Bonchev–Trinajstić information content (AvgIpc) is 2.77. The summed E-state index contributed by atoms with van der Waals surface area (Å²) >= 11 is 0. The van der Waals surface area contributed by atoms with Gasteiger partial charge >= 0.3 is 0 Å². The highest BCUT2D eigenvalue weighted by atomic mass is 16.3. The van der Waals surface area contributed by atoms with Gasteiger partial charge < -0.3 is 10.2 Å². The fourth-order valence-corrected chi connectivity index (χ4v) is 6.31. The first kappa shape index (κ1) is 15.3. The molecule has 2 saturated carbocycles. The molecule has 6 atom stereocenters. The Bertz CT molecular complexity index is 649. The van der Waals surface area contributed by atoms with E-state index in [1.807, 2.05) is 12.1 Å². The van der Waals surface area contributed by atoms with Crippen molar-refractivity contribution in [3.05, 3.63) is 41.5 Å². The van der Waals surface area contributed by atoms with Crippen LogP contribution in [0.5, 0.6) is 5.75 Å². The summed E-state index contributed by atoms with van der Waals surface area (Å²) in [6.45, 7) is 8.70. The fourth-order valence-electron chi connectivity index (χ4n) is 6.31. The van der Waals surface area contributed by atoms with Crippen molar-refractivity contribution >= 4 is 0 Å². The highest BCUT2D eigenvalue weighted by molar-refractivity contribution is 5.40. The number of benzene rings is 1. The minimum atomic E-state index is -0.220. The zero-order valence-corrected chi connectivity index (χ0v) is 14.3. The van der Waals surface area contributed by atoms with Crippen molar-refractivity contribution in [3.63, 3.8) is 0 Å². The molecular formula is C21H28O2. The molecule has 3 aliphatic rings. The van der Waals surface area contributed by atoms with E-state index in [-0.39, 0.29) is 17.4 Å². The summed E-state index contributed by atoms with van der Waals surface area (Å²) < 4.78 is 0. The first-order valence-corrected chi connectivity index (χ1v) is 9.06. The molecule has 0 bridgehead atoms. The second-order valence-electron chi connectivity index (χ2n) is 8.55. The Morgan fingerprint density at radius 3 is 2.83 bits per heavy atom. The van der Waals surface area contributed by atoms with Crippen molar-refractivity contribution in [2.45, 2.75) is 58.0 Å². The number of aliphatic hydroxyl groups excluding tert-OH is 1. The Labute approximate surface area is 139 Å². The molecule has 0 saturated heterocycles. The molecule has 3 aliphatic carbocycles. The summed E-state index contributed by atoms with van der Waals surface area (Å²) in [7, 11) is 0. The molecule has 2 fully saturated rings. The van der Waals surface area contributed by atoms with Gasteiger partial charge in [-0.3, -0.25) is 0 Å². The molecule has 4 rings (SSSR count). The largest absolute Gasteiger partial charge is 0.508 e. The molecule has 0 spiro atoms. The van der Waals surface area contributed by atoms with Gasteiger partial charge in [-0.25, -0.2) is 0 Å². The van der Waals surface area contributed by atoms with E-state index in [2.05, 4.69) is 26.5 Å². The summed E-state index contributed by atoms with van der Waals surface area (Å²) in [6, 6.07) is 5.94. The number of phenols is 1. The third kappa shape index (κ3) is 2.18. The predicted molar refractivity (Wildman–Crippen MR) is 92.4 cm³/mol. The van der Waals surface area contributed by atoms with E-state index < -0.39 is 0 Å². The van der Waals surface area contributed by atoms with Crippen molar-refractivity contribution < 1.29 is 10.2 Å². The second kappa shape index (κ2) is 5.11. The van der Waals surface area contributed by atoms with E-state index in [1.54, 1.807) is 0 Å². The minimum absolute atomic E-state index is 0.220. The van der Waals surface area contributed by atoms with Gasteiger partial charge in [0.25, 0.3) is 0 Å². The van der Waals surface area contributed by atoms with E-state index in [9.17, 15) is 10.2 Å². The lowest BCUT2D eigenvalue weighted by atomic mass is 9.54. The average molecular weight is 312 g/mol. The van der Waals surface area contributed by atoms with Crippen molar-refractivity contribution in [3.8, 4) is 5.75 Å². The lowest BCUT2D eigenvalue weighted by Crippen LogP contribution is -2.42. The van der Waals surface area contributed by atoms with Crippen LogP contribution in [0.4, 0.5) is 0 Å². The molecule has 0 radical (unpaired) electrons. The minimum Gasteiger partial charge on any atom is -0.508 e. The molecule has 1 aromatic carbocycles. The van der Waals surface area contributed by atoms with E-state index in [4.69, 9.17) is 0 Å². The Morgan fingerprint density at radius 1 is 1.30 bits per heavy atom. The van der Waals surface area contributed by atoms with Crippen LogP contribution in [-0.2, 0) is 6.42 Å². The molecular weight excluding hydrogens is 284 g/mol. The van der Waals surface area contributed by atoms with Crippen LogP contribution in [0, 0.1) is 23.2 Å². The van der Waals surface area contributed by atoms with Gasteiger partial charge in [0.05, 0.1) is 6.10 Å². The van der Waals surface area contributed by atoms with Gasteiger partial charge in [-0.05, 0) is 85.5 Å². The van der Waals surface area contributed by atoms with Crippen LogP contribution >= 0.6 is 0 Å². The predicted octanol–water partition coefficient (Wildman–Crippen LogP) is 4.41. The second-order valence-corrected chi connectivity index (χ2v) is 8.55. The molecule has 2 nitrogen and oxygen atoms in total. The Morgan fingerprint density at radius 2 is 2.09 bits per heavy atom. The zero-order valence-electron chi connectivity index (χ0n) is 14.3. The standard InChI is InChI=1S/C21H28O2/c1-12(2)19-18(23)11-21(3)9-8-16-15-7-5-14(22)10-13(15)4-6-17(16)20(19)21/h5,7,10,16-20,22-23H,1,4,6,8-9,11H2,2-3H3/t16-,17-,18-,19?,20-,21-/m1/s1. The summed E-state index contributed by atoms with van der Waals surface area (Å²) in [5.74, 6) is 2.43. The number of aryl methyl sites for hydroxylation is 1. The number of hydrogen-bond donors (Lipinski definition) is 2. The molecule has 1 aromatic rings. The SMILES string of the molecule is C=C(C)C1[C@H](O)C[C@@]2(C)CC[C@@H]3c4ccc(O)cc4CC[C@H]3[C@H]12. The maximum absolute atomic E-state index is 10.7. The fraction of sp³-hybridized carbons (Fsp3) is 0.619. The van der Waals surface area contributed by atoms with E-state index in [0.29, 0.717) is 23.5 Å². The molecule has 23 heavy (non-hydrogen) atoms. The van der Waals surface area contributed by atoms with E-state index >= 15 is 0 Å². The van der Waals surface area contributed by atoms with Gasteiger partial charge in [-0.2, -0.15) is 0 Å². The van der Waals surface area contributed by atoms with Crippen LogP contribution in [0.1, 0.15) is 56.6 Å². The third-order valence-corrected chi connectivity index (χ3v) is 7.13. The Balaban J connectivity index is 1.75. The third-order valence-electron chi connectivity index (χ3n) is 7.13. The van der Waals surface area contributed by atoms with E-state index in [1.165, 1.54) is 30.4 Å². The summed E-state index contributed by atoms with van der Waals surface area (Å²) in [4.78, 5) is 0. The molecule has 0 aromatic heterocycles. The van der Waals surface area contributed by atoms with Gasteiger partial charge in [0.2, 0.25) is 0 Å². The number of phenolic OH excluding ortho intramolecular Hbond substituents is 1. The molecule has 0 heterocycles. The maximum Gasteiger partial charge on any atom is 0.115 e. The van der Waals surface area contributed by atoms with Crippen molar-refractivity contribution in [1.82, 2.24) is 0 Å². The van der Waals surface area contributed by atoms with Gasteiger partial charge in [0, 0.05) is 5.92 Å². The van der Waals surface area contributed by atoms with Gasteiger partial charge in [0.15, 0.2) is 0 Å². The van der Waals surface area contributed by atoms with Gasteiger partial charge in [0.1, 0.15) is 5.75 Å². The highest BCUT2D eigenvalue weighted by Gasteiger charge is 2.57. The summed E-state index contributed by atoms with van der Waals surface area (Å²) in [6.07, 6.45) is 5.35. The molecule has 1 unspecified atom stereocenters. The van der Waals surface area contributed by atoms with Crippen LogP contribution in [0.2, 0.25) is 0 Å². The molecule has 0 aliphatic heterocycles. The topological polar surface area (TPSA) is 40.5 Å². The molecule has 2 N–H and O–H groups in total. The first-order valence-electron chi connectivity index (χ1n) is 9.06. The lowest BCUT2D eigenvalue weighted by Gasteiger charge is -2.50. The quantitative estimate of drug-likeness (QED) is 0.754. The number of aliphatic hydroxyl groups is 1. The summed E-state index contributed by atoms with van der Waals surface area (Å²) in [5, 5.41) is 20.5. The van der Waals surface area contributed by atoms with Crippen LogP contribution in [0.25, 0.3) is 0 Å². The molecule has 124 valence electrons. The highest BCUT2D eigenvalue weighted by Crippen LogP contribution is 2.63. The summed E-state index contributed by atoms with van der Waals surface area (Å²) in [5.41, 5.74) is 4.20. The number of rotatable bonds is 1. The number of fused-ring (bicyclic) bond motifs is 5. The van der Waals surface area contributed by atoms with Crippen LogP contribution in [0.3, 0.4) is 0 Å². The van der Waals surface area contributed by atoms with Crippen LogP contribution in [-0.4, -0.2) is 16.3 Å². The van der Waals surface area contributed by atoms with Gasteiger partial charge in [-0.15, -0.1) is 0 Å². The van der Waals surface area contributed by atoms with Crippen molar-refractivity contribution in [1.29, 1.82) is 0 Å². The Kier molecular flexibility index (Phi) is 3.39. The van der Waals surface area contributed by atoms with Crippen molar-refractivity contribution in [2.75, 3.05) is 0 Å². The van der Waals surface area contributed by atoms with Crippen molar-refractivity contribution in [2.24, 2.45) is 23.2 Å². The van der Waals surface area contributed by atoms with E-state index in [0.717, 1.165) is 18.4 Å². The monoisotopic (exact) mass is 312 g/mol. The Hall–Kier alpha value is -1.28. The maximum atomic E-state index is 10.7. The molecule has 2 heteroatoms. The first-order chi connectivity index (χ1) is 10.9. The van der Waals surface area contributed by atoms with Crippen LogP contribution < -0.4 is 0 Å². The lowest BCUT2D eigenvalue weighted by molar-refractivity contribution is 0.0403.